The lowest BCUT2D eigenvalue weighted by atomic mass is 10.2. The number of halogens is 1. The van der Waals surface area contributed by atoms with Crippen LogP contribution in [0.25, 0.3) is 16.9 Å². The molecule has 0 bridgehead atoms. The fourth-order valence-electron chi connectivity index (χ4n) is 3.02. The number of carbonyl (C=O) groups excluding carboxylic acids is 2. The molecule has 2 aromatic heterocycles. The minimum absolute atomic E-state index is 0.106. The molecule has 0 aliphatic heterocycles. The molecule has 4 aromatic rings. The van der Waals surface area contributed by atoms with Gasteiger partial charge >= 0.3 is 0 Å². The van der Waals surface area contributed by atoms with Gasteiger partial charge in [-0.05, 0) is 54.6 Å². The van der Waals surface area contributed by atoms with Crippen LogP contribution in [0.2, 0.25) is 0 Å². The summed E-state index contributed by atoms with van der Waals surface area (Å²) >= 11 is 1.25. The Morgan fingerprint density at radius 3 is 2.52 bits per heavy atom. The summed E-state index contributed by atoms with van der Waals surface area (Å²) in [4.78, 5) is 32.7. The van der Waals surface area contributed by atoms with Crippen LogP contribution in [0.3, 0.4) is 0 Å². The van der Waals surface area contributed by atoms with E-state index in [2.05, 4.69) is 20.6 Å². The Morgan fingerprint density at radius 1 is 1.03 bits per heavy atom. The number of imidazole rings is 1. The smallest absolute Gasteiger partial charge is 0.234 e. The lowest BCUT2D eigenvalue weighted by molar-refractivity contribution is -0.114. The lowest BCUT2D eigenvalue weighted by Crippen LogP contribution is -2.15. The van der Waals surface area contributed by atoms with Crippen LogP contribution in [-0.2, 0) is 9.59 Å². The Bertz CT molecular complexity index is 1260. The molecule has 9 heteroatoms. The molecular weight excluding hydrogens is 417 g/mol. The van der Waals surface area contributed by atoms with Crippen LogP contribution in [0, 0.1) is 5.82 Å². The minimum Gasteiger partial charge on any atom is -0.326 e. The zero-order valence-corrected chi connectivity index (χ0v) is 17.3. The van der Waals surface area contributed by atoms with Gasteiger partial charge in [-0.2, -0.15) is 0 Å². The number of anilines is 2. The van der Waals surface area contributed by atoms with Gasteiger partial charge < -0.3 is 10.6 Å². The van der Waals surface area contributed by atoms with Gasteiger partial charge in [0, 0.05) is 30.2 Å². The van der Waals surface area contributed by atoms with Crippen molar-refractivity contribution in [1.82, 2.24) is 14.5 Å². The normalized spacial score (nSPS) is 10.8. The number of aromatic nitrogens is 3. The van der Waals surface area contributed by atoms with E-state index in [9.17, 15) is 14.0 Å². The monoisotopic (exact) mass is 435 g/mol. The fourth-order valence-corrected chi connectivity index (χ4v) is 3.83. The Labute approximate surface area is 181 Å². The van der Waals surface area contributed by atoms with E-state index in [1.165, 1.54) is 30.8 Å². The average molecular weight is 435 g/mol. The highest BCUT2D eigenvalue weighted by Gasteiger charge is 2.15. The third kappa shape index (κ3) is 4.89. The number of thioether (sulfide) groups is 1. The number of nitrogens with one attached hydrogen (secondary N) is 2. The highest BCUT2D eigenvalue weighted by molar-refractivity contribution is 7.99. The first kappa shape index (κ1) is 20.5. The van der Waals surface area contributed by atoms with E-state index in [4.69, 9.17) is 0 Å². The number of amides is 2. The van der Waals surface area contributed by atoms with Gasteiger partial charge in [-0.3, -0.25) is 14.2 Å². The van der Waals surface area contributed by atoms with E-state index >= 15 is 0 Å². The number of benzene rings is 2. The molecule has 4 rings (SSSR count). The van der Waals surface area contributed by atoms with E-state index in [-0.39, 0.29) is 23.4 Å². The second-order valence-corrected chi connectivity index (χ2v) is 7.59. The highest BCUT2D eigenvalue weighted by atomic mass is 32.2. The number of pyridine rings is 1. The molecule has 2 heterocycles. The van der Waals surface area contributed by atoms with Gasteiger partial charge in [-0.25, -0.2) is 14.4 Å². The Balaban J connectivity index is 1.53. The third-order valence-corrected chi connectivity index (χ3v) is 5.21. The van der Waals surface area contributed by atoms with Gasteiger partial charge in [0.15, 0.2) is 10.8 Å². The summed E-state index contributed by atoms with van der Waals surface area (Å²) < 4.78 is 15.2. The van der Waals surface area contributed by atoms with Crippen molar-refractivity contribution in [3.05, 3.63) is 72.7 Å². The number of fused-ring (bicyclic) bond motifs is 1. The summed E-state index contributed by atoms with van der Waals surface area (Å²) in [6.07, 6.45) is 1.66. The summed E-state index contributed by atoms with van der Waals surface area (Å²) in [6, 6.07) is 16.5. The maximum atomic E-state index is 13.4. The summed E-state index contributed by atoms with van der Waals surface area (Å²) in [5.74, 6) is -0.645. The first-order valence-electron chi connectivity index (χ1n) is 9.39. The van der Waals surface area contributed by atoms with E-state index in [0.29, 0.717) is 33.4 Å². The van der Waals surface area contributed by atoms with Gasteiger partial charge in [0.05, 0.1) is 5.75 Å². The van der Waals surface area contributed by atoms with Crippen molar-refractivity contribution < 1.29 is 14.0 Å². The van der Waals surface area contributed by atoms with Crippen molar-refractivity contribution in [2.24, 2.45) is 0 Å². The number of rotatable bonds is 6. The van der Waals surface area contributed by atoms with Gasteiger partial charge in [0.1, 0.15) is 11.3 Å². The van der Waals surface area contributed by atoms with Crippen LogP contribution in [0.15, 0.2) is 72.0 Å². The van der Waals surface area contributed by atoms with Gasteiger partial charge in [0.2, 0.25) is 11.8 Å². The topological polar surface area (TPSA) is 88.9 Å². The van der Waals surface area contributed by atoms with Crippen LogP contribution in [0.4, 0.5) is 15.8 Å². The van der Waals surface area contributed by atoms with Gasteiger partial charge in [0.25, 0.3) is 0 Å². The summed E-state index contributed by atoms with van der Waals surface area (Å²) in [5, 5.41) is 6.06. The van der Waals surface area contributed by atoms with E-state index in [0.717, 1.165) is 0 Å². The third-order valence-electron chi connectivity index (χ3n) is 4.27. The van der Waals surface area contributed by atoms with Crippen molar-refractivity contribution in [2.45, 2.75) is 12.1 Å². The van der Waals surface area contributed by atoms with Crippen molar-refractivity contribution >= 4 is 46.1 Å². The second-order valence-electron chi connectivity index (χ2n) is 6.65. The Hall–Kier alpha value is -3.72. The zero-order valence-electron chi connectivity index (χ0n) is 16.5. The van der Waals surface area contributed by atoms with Crippen LogP contribution in [0.5, 0.6) is 0 Å². The number of hydrogen-bond donors (Lipinski definition) is 2. The highest BCUT2D eigenvalue weighted by Crippen LogP contribution is 2.27. The van der Waals surface area contributed by atoms with Crippen molar-refractivity contribution in [1.29, 1.82) is 0 Å². The summed E-state index contributed by atoms with van der Waals surface area (Å²) in [6.45, 7) is 1.42. The van der Waals surface area contributed by atoms with Crippen molar-refractivity contribution in [2.75, 3.05) is 16.4 Å². The molecule has 0 radical (unpaired) electrons. The summed E-state index contributed by atoms with van der Waals surface area (Å²) in [5.41, 5.74) is 3.18. The largest absolute Gasteiger partial charge is 0.326 e. The first-order chi connectivity index (χ1) is 15.0. The van der Waals surface area contributed by atoms with E-state index < -0.39 is 0 Å². The van der Waals surface area contributed by atoms with Crippen molar-refractivity contribution in [3.63, 3.8) is 0 Å². The van der Waals surface area contributed by atoms with E-state index in [1.807, 2.05) is 6.07 Å². The maximum absolute atomic E-state index is 13.4. The molecule has 0 saturated carbocycles. The molecule has 0 saturated heterocycles. The summed E-state index contributed by atoms with van der Waals surface area (Å²) in [7, 11) is 0. The molecule has 7 nitrogen and oxygen atoms in total. The molecule has 0 aliphatic carbocycles. The molecule has 0 spiro atoms. The van der Waals surface area contributed by atoms with E-state index in [1.54, 1.807) is 53.2 Å². The standard InChI is InChI=1S/C22H18FN5O2S/c1-14(29)25-16-4-2-5-17(12-16)26-20(30)13-31-22-27-19-6-3-11-24-21(19)28(22)18-9-7-15(23)8-10-18/h2-12H,13H2,1H3,(H,25,29)(H,26,30). The first-order valence-corrected chi connectivity index (χ1v) is 10.4. The molecule has 2 amide bonds. The SMILES string of the molecule is CC(=O)Nc1cccc(NC(=O)CSc2nc3cccnc3n2-c2ccc(F)cc2)c1. The molecule has 0 unspecified atom stereocenters. The van der Waals surface area contributed by atoms with Crippen LogP contribution < -0.4 is 10.6 Å². The predicted octanol–water partition coefficient (Wildman–Crippen LogP) is 4.25. The Morgan fingerprint density at radius 2 is 1.77 bits per heavy atom. The lowest BCUT2D eigenvalue weighted by Gasteiger charge is -2.09. The van der Waals surface area contributed by atoms with Crippen molar-refractivity contribution in [3.8, 4) is 5.69 Å². The molecule has 31 heavy (non-hydrogen) atoms. The Kier molecular flexibility index (Phi) is 5.94. The molecule has 2 aromatic carbocycles. The molecule has 0 atom stereocenters. The zero-order chi connectivity index (χ0) is 21.8. The van der Waals surface area contributed by atoms with Crippen LogP contribution in [0.1, 0.15) is 6.92 Å². The molecule has 2 N–H and O–H groups in total. The van der Waals surface area contributed by atoms with Gasteiger partial charge in [-0.15, -0.1) is 0 Å². The quantitative estimate of drug-likeness (QED) is 0.442. The molecule has 0 fully saturated rings. The predicted molar refractivity (Wildman–Crippen MR) is 119 cm³/mol. The average Bonchev–Trinajstić information content (AvgIpc) is 3.11. The molecular formula is C22H18FN5O2S. The van der Waals surface area contributed by atoms with Crippen LogP contribution >= 0.6 is 11.8 Å². The minimum atomic E-state index is -0.337. The maximum Gasteiger partial charge on any atom is 0.234 e. The number of carbonyl (C=O) groups is 2. The fraction of sp³-hybridized carbons (Fsp3) is 0.0909. The molecule has 0 aliphatic rings. The number of nitrogens with zero attached hydrogens (tertiary/aromatic N) is 3. The number of hydrogen-bond acceptors (Lipinski definition) is 5. The molecule has 156 valence electrons. The second kappa shape index (κ2) is 8.97. The van der Waals surface area contributed by atoms with Crippen LogP contribution in [-0.4, -0.2) is 32.1 Å². The van der Waals surface area contributed by atoms with Gasteiger partial charge in [-0.1, -0.05) is 17.8 Å².